The smallest absolute Gasteiger partial charge is 0.0639 e. The summed E-state index contributed by atoms with van der Waals surface area (Å²) >= 11 is 0. The second-order valence-electron chi connectivity index (χ2n) is 11.4. The molecule has 0 aliphatic rings. The Morgan fingerprint density at radius 1 is 0.450 bits per heavy atom. The second-order valence-corrected chi connectivity index (χ2v) is 11.4. The first kappa shape index (κ1) is 36.3. The Kier molecular flexibility index (Phi) is 19.9. The average molecular weight is 590 g/mol. The van der Waals surface area contributed by atoms with Crippen LogP contribution in [0.1, 0.15) is 147 Å². The van der Waals surface area contributed by atoms with Gasteiger partial charge in [-0.3, -0.25) is 9.98 Å². The standard InChI is InChI=1S/C37H58N2.Ni/c1-7-13-18-23-37(39-35-28-32(21-16-10-4)25-33(29-35)22-17-11-5)36(12-6)38-34-26-30(19-14-8-2)24-31(27-34)20-15-9-3;/h24-29H,7-23H2,1-6H3;. The zero-order chi connectivity index (χ0) is 28.3. The molecule has 0 fully saturated rings. The first-order chi connectivity index (χ1) is 19.1. The number of unbranched alkanes of at least 4 members (excludes halogenated alkanes) is 6. The number of aliphatic imine (C=N–C) groups is 2. The van der Waals surface area contributed by atoms with Gasteiger partial charge in [-0.2, -0.15) is 0 Å². The summed E-state index contributed by atoms with van der Waals surface area (Å²) in [7, 11) is 0. The Morgan fingerprint density at radius 2 is 0.800 bits per heavy atom. The molecule has 226 valence electrons. The third kappa shape index (κ3) is 13.8. The summed E-state index contributed by atoms with van der Waals surface area (Å²) in [6.07, 6.45) is 20.0. The fourth-order valence-electron chi connectivity index (χ4n) is 5.18. The van der Waals surface area contributed by atoms with Gasteiger partial charge in [0.15, 0.2) is 0 Å². The molecule has 2 rings (SSSR count). The minimum atomic E-state index is 0. The van der Waals surface area contributed by atoms with E-state index in [1.165, 1.54) is 98.6 Å². The third-order valence-electron chi connectivity index (χ3n) is 7.56. The Morgan fingerprint density at radius 3 is 1.12 bits per heavy atom. The van der Waals surface area contributed by atoms with E-state index >= 15 is 0 Å². The number of hydrogen-bond donors (Lipinski definition) is 0. The van der Waals surface area contributed by atoms with Crippen molar-refractivity contribution < 1.29 is 16.5 Å². The predicted molar refractivity (Wildman–Crippen MR) is 176 cm³/mol. The summed E-state index contributed by atoms with van der Waals surface area (Å²) in [6, 6.07) is 14.2. The molecule has 0 aliphatic heterocycles. The van der Waals surface area contributed by atoms with Gasteiger partial charge in [0, 0.05) is 16.5 Å². The molecule has 0 spiro atoms. The monoisotopic (exact) mass is 588 g/mol. The summed E-state index contributed by atoms with van der Waals surface area (Å²) < 4.78 is 0. The minimum Gasteiger partial charge on any atom is -0.252 e. The van der Waals surface area contributed by atoms with E-state index in [-0.39, 0.29) is 16.5 Å². The molecule has 0 amide bonds. The molecule has 0 radical (unpaired) electrons. The number of rotatable bonds is 20. The summed E-state index contributed by atoms with van der Waals surface area (Å²) in [6.45, 7) is 13.6. The molecule has 3 heteroatoms. The van der Waals surface area contributed by atoms with Crippen LogP contribution >= 0.6 is 0 Å². The molecule has 0 aliphatic carbocycles. The van der Waals surface area contributed by atoms with Gasteiger partial charge in [-0.25, -0.2) is 0 Å². The van der Waals surface area contributed by atoms with Crippen molar-refractivity contribution in [3.05, 3.63) is 58.7 Å². The maximum Gasteiger partial charge on any atom is 0.0639 e. The molecule has 0 bridgehead atoms. The van der Waals surface area contributed by atoms with Gasteiger partial charge in [-0.05, 0) is 117 Å². The molecule has 2 nitrogen and oxygen atoms in total. The Balaban J connectivity index is 0.00000800. The molecule has 0 N–H and O–H groups in total. The van der Waals surface area contributed by atoms with Crippen molar-refractivity contribution in [3.63, 3.8) is 0 Å². The van der Waals surface area contributed by atoms with Gasteiger partial charge in [-0.1, -0.05) is 92.2 Å². The number of aryl methyl sites for hydroxylation is 4. The Hall–Kier alpha value is -1.73. The summed E-state index contributed by atoms with van der Waals surface area (Å²) in [5.74, 6) is 0. The van der Waals surface area contributed by atoms with Crippen LogP contribution in [-0.2, 0) is 42.2 Å². The van der Waals surface area contributed by atoms with Gasteiger partial charge in [0.2, 0.25) is 0 Å². The van der Waals surface area contributed by atoms with E-state index in [4.69, 9.17) is 9.98 Å². The van der Waals surface area contributed by atoms with E-state index in [2.05, 4.69) is 77.9 Å². The normalized spacial score (nSPS) is 12.1. The van der Waals surface area contributed by atoms with Crippen molar-refractivity contribution in [3.8, 4) is 0 Å². The van der Waals surface area contributed by atoms with Gasteiger partial charge >= 0.3 is 0 Å². The Bertz CT molecular complexity index is 968. The van der Waals surface area contributed by atoms with Gasteiger partial charge in [-0.15, -0.1) is 0 Å². The van der Waals surface area contributed by atoms with Crippen molar-refractivity contribution in [1.82, 2.24) is 0 Å². The van der Waals surface area contributed by atoms with E-state index in [9.17, 15) is 0 Å². The minimum absolute atomic E-state index is 0. The molecule has 40 heavy (non-hydrogen) atoms. The number of hydrogen-bond acceptors (Lipinski definition) is 2. The maximum atomic E-state index is 5.37. The van der Waals surface area contributed by atoms with Crippen molar-refractivity contribution in [2.45, 2.75) is 151 Å². The van der Waals surface area contributed by atoms with Crippen LogP contribution in [0, 0.1) is 0 Å². The molecule has 2 aromatic rings. The van der Waals surface area contributed by atoms with E-state index in [0.29, 0.717) is 0 Å². The topological polar surface area (TPSA) is 24.7 Å². The fourth-order valence-corrected chi connectivity index (χ4v) is 5.18. The van der Waals surface area contributed by atoms with Crippen LogP contribution < -0.4 is 0 Å². The SMILES string of the molecule is CCCCCC(=Nc1cc(CCCC)cc(CCCC)c1)C(CC)=Nc1cc(CCCC)cc(CCCC)c1.[Ni]. The summed E-state index contributed by atoms with van der Waals surface area (Å²) in [5, 5.41) is 0. The van der Waals surface area contributed by atoms with Crippen LogP contribution in [0.3, 0.4) is 0 Å². The molecule has 0 unspecified atom stereocenters. The van der Waals surface area contributed by atoms with Crippen molar-refractivity contribution in [2.75, 3.05) is 0 Å². The summed E-state index contributed by atoms with van der Waals surface area (Å²) in [5.41, 5.74) is 10.4. The fraction of sp³-hybridized carbons (Fsp3) is 0.622. The van der Waals surface area contributed by atoms with Gasteiger partial charge < -0.3 is 0 Å². The molecule has 2 aromatic carbocycles. The molecular formula is C37H58N2Ni. The quantitative estimate of drug-likeness (QED) is 0.0834. The predicted octanol–water partition coefficient (Wildman–Crippen LogP) is 11.9. The average Bonchev–Trinajstić information content (AvgIpc) is 2.95. The molecule has 0 heterocycles. The first-order valence-electron chi connectivity index (χ1n) is 16.5. The first-order valence-corrected chi connectivity index (χ1v) is 16.5. The van der Waals surface area contributed by atoms with Crippen molar-refractivity contribution in [1.29, 1.82) is 0 Å². The van der Waals surface area contributed by atoms with Gasteiger partial charge in [0.05, 0.1) is 22.8 Å². The zero-order valence-corrected chi connectivity index (χ0v) is 27.7. The molecule has 0 saturated carbocycles. The van der Waals surface area contributed by atoms with E-state index in [1.807, 2.05) is 0 Å². The summed E-state index contributed by atoms with van der Waals surface area (Å²) in [4.78, 5) is 10.7. The second kappa shape index (κ2) is 21.9. The number of nitrogens with zero attached hydrogens (tertiary/aromatic N) is 2. The van der Waals surface area contributed by atoms with Crippen LogP contribution in [-0.4, -0.2) is 11.4 Å². The van der Waals surface area contributed by atoms with Crippen LogP contribution in [0.15, 0.2) is 46.4 Å². The van der Waals surface area contributed by atoms with Crippen LogP contribution in [0.4, 0.5) is 11.4 Å². The van der Waals surface area contributed by atoms with Crippen LogP contribution in [0.25, 0.3) is 0 Å². The molecule has 0 atom stereocenters. The van der Waals surface area contributed by atoms with Gasteiger partial charge in [0.25, 0.3) is 0 Å². The van der Waals surface area contributed by atoms with E-state index in [1.54, 1.807) is 0 Å². The molecule has 0 saturated heterocycles. The largest absolute Gasteiger partial charge is 0.252 e. The van der Waals surface area contributed by atoms with E-state index in [0.717, 1.165) is 55.6 Å². The third-order valence-corrected chi connectivity index (χ3v) is 7.56. The van der Waals surface area contributed by atoms with Gasteiger partial charge in [0.1, 0.15) is 0 Å². The van der Waals surface area contributed by atoms with E-state index < -0.39 is 0 Å². The van der Waals surface area contributed by atoms with Crippen molar-refractivity contribution in [2.24, 2.45) is 9.98 Å². The molecular weight excluding hydrogens is 531 g/mol. The van der Waals surface area contributed by atoms with Crippen molar-refractivity contribution >= 4 is 22.8 Å². The number of benzene rings is 2. The van der Waals surface area contributed by atoms with Crippen LogP contribution in [0.5, 0.6) is 0 Å². The Labute approximate surface area is 257 Å². The van der Waals surface area contributed by atoms with Crippen LogP contribution in [0.2, 0.25) is 0 Å². The zero-order valence-electron chi connectivity index (χ0n) is 26.7. The maximum absolute atomic E-state index is 5.37. The molecule has 0 aromatic heterocycles.